The number of benzene rings is 1. The van der Waals surface area contributed by atoms with Crippen molar-refractivity contribution in [2.75, 3.05) is 5.73 Å². The third kappa shape index (κ3) is 1.82. The number of nitrogen functional groups attached to an aromatic ring is 1. The SMILES string of the molecule is Nc1ncc(-c2ccnn2-c2ccccc2)cn1. The summed E-state index contributed by atoms with van der Waals surface area (Å²) in [5.74, 6) is 0.268. The summed E-state index contributed by atoms with van der Waals surface area (Å²) in [6, 6.07) is 11.8. The van der Waals surface area contributed by atoms with Crippen molar-refractivity contribution in [3.63, 3.8) is 0 Å². The molecule has 0 aliphatic carbocycles. The topological polar surface area (TPSA) is 69.6 Å². The Morgan fingerprint density at radius 2 is 1.67 bits per heavy atom. The molecular weight excluding hydrogens is 226 g/mol. The van der Waals surface area contributed by atoms with Crippen LogP contribution in [0.1, 0.15) is 0 Å². The molecule has 0 fully saturated rings. The van der Waals surface area contributed by atoms with Crippen molar-refractivity contribution >= 4 is 5.95 Å². The second-order valence-electron chi connectivity index (χ2n) is 3.79. The molecule has 5 nitrogen and oxygen atoms in total. The van der Waals surface area contributed by atoms with Crippen molar-refractivity contribution in [2.24, 2.45) is 0 Å². The molecule has 0 radical (unpaired) electrons. The molecule has 0 atom stereocenters. The lowest BCUT2D eigenvalue weighted by Crippen LogP contribution is -2.00. The van der Waals surface area contributed by atoms with E-state index >= 15 is 0 Å². The van der Waals surface area contributed by atoms with Gasteiger partial charge in [0, 0.05) is 18.0 Å². The van der Waals surface area contributed by atoms with Crippen LogP contribution in [0.4, 0.5) is 5.95 Å². The normalized spacial score (nSPS) is 10.4. The summed E-state index contributed by atoms with van der Waals surface area (Å²) in [6.07, 6.45) is 5.14. The van der Waals surface area contributed by atoms with E-state index in [0.717, 1.165) is 16.9 Å². The molecule has 3 rings (SSSR count). The van der Waals surface area contributed by atoms with E-state index in [1.54, 1.807) is 18.6 Å². The lowest BCUT2D eigenvalue weighted by molar-refractivity contribution is 0.886. The molecule has 88 valence electrons. The van der Waals surface area contributed by atoms with Crippen molar-refractivity contribution < 1.29 is 0 Å². The highest BCUT2D eigenvalue weighted by Gasteiger charge is 2.07. The van der Waals surface area contributed by atoms with Crippen molar-refractivity contribution in [1.29, 1.82) is 0 Å². The van der Waals surface area contributed by atoms with Gasteiger partial charge >= 0.3 is 0 Å². The maximum atomic E-state index is 5.48. The fraction of sp³-hybridized carbons (Fsp3) is 0. The van der Waals surface area contributed by atoms with Crippen molar-refractivity contribution in [2.45, 2.75) is 0 Å². The summed E-state index contributed by atoms with van der Waals surface area (Å²) in [7, 11) is 0. The predicted molar refractivity (Wildman–Crippen MR) is 69.0 cm³/mol. The predicted octanol–water partition coefficient (Wildman–Crippen LogP) is 1.91. The fourth-order valence-electron chi connectivity index (χ4n) is 1.77. The zero-order chi connectivity index (χ0) is 12.4. The molecule has 2 aromatic heterocycles. The van der Waals surface area contributed by atoms with E-state index < -0.39 is 0 Å². The zero-order valence-corrected chi connectivity index (χ0v) is 9.56. The molecule has 2 heterocycles. The van der Waals surface area contributed by atoms with E-state index in [2.05, 4.69) is 15.1 Å². The molecule has 1 aromatic carbocycles. The first-order valence-electron chi connectivity index (χ1n) is 5.52. The van der Waals surface area contributed by atoms with E-state index in [1.165, 1.54) is 0 Å². The third-order valence-electron chi connectivity index (χ3n) is 2.61. The molecule has 0 saturated heterocycles. The largest absolute Gasteiger partial charge is 0.368 e. The Morgan fingerprint density at radius 3 is 2.39 bits per heavy atom. The van der Waals surface area contributed by atoms with Gasteiger partial charge in [-0.1, -0.05) is 18.2 Å². The van der Waals surface area contributed by atoms with Gasteiger partial charge in [0.2, 0.25) is 5.95 Å². The molecule has 0 bridgehead atoms. The first-order chi connectivity index (χ1) is 8.84. The number of para-hydroxylation sites is 1. The van der Waals surface area contributed by atoms with Gasteiger partial charge in [0.1, 0.15) is 0 Å². The Bertz CT molecular complexity index is 643. The van der Waals surface area contributed by atoms with Gasteiger partial charge in [-0.25, -0.2) is 14.6 Å². The van der Waals surface area contributed by atoms with E-state index in [1.807, 2.05) is 41.1 Å². The molecule has 3 aromatic rings. The lowest BCUT2D eigenvalue weighted by atomic mass is 10.2. The number of aromatic nitrogens is 4. The molecule has 18 heavy (non-hydrogen) atoms. The van der Waals surface area contributed by atoms with Crippen LogP contribution in [0.5, 0.6) is 0 Å². The number of nitrogens with zero attached hydrogens (tertiary/aromatic N) is 4. The fourth-order valence-corrected chi connectivity index (χ4v) is 1.77. The van der Waals surface area contributed by atoms with Crippen LogP contribution in [0, 0.1) is 0 Å². The Labute approximate surface area is 104 Å². The van der Waals surface area contributed by atoms with Crippen LogP contribution < -0.4 is 5.73 Å². The van der Waals surface area contributed by atoms with Crippen LogP contribution in [0.15, 0.2) is 55.0 Å². The highest BCUT2D eigenvalue weighted by atomic mass is 15.3. The van der Waals surface area contributed by atoms with Crippen LogP contribution in [-0.2, 0) is 0 Å². The van der Waals surface area contributed by atoms with Crippen LogP contribution in [-0.4, -0.2) is 19.7 Å². The van der Waals surface area contributed by atoms with Crippen molar-refractivity contribution in [1.82, 2.24) is 19.7 Å². The Morgan fingerprint density at radius 1 is 0.944 bits per heavy atom. The van der Waals surface area contributed by atoms with E-state index in [9.17, 15) is 0 Å². The van der Waals surface area contributed by atoms with Crippen LogP contribution in [0.3, 0.4) is 0 Å². The van der Waals surface area contributed by atoms with E-state index in [0.29, 0.717) is 0 Å². The Balaban J connectivity index is 2.10. The molecule has 2 N–H and O–H groups in total. The monoisotopic (exact) mass is 237 g/mol. The maximum Gasteiger partial charge on any atom is 0.219 e. The van der Waals surface area contributed by atoms with Gasteiger partial charge in [-0.2, -0.15) is 5.10 Å². The first kappa shape index (κ1) is 10.5. The Hall–Kier alpha value is -2.69. The highest BCUT2D eigenvalue weighted by molar-refractivity contribution is 5.60. The molecule has 0 spiro atoms. The summed E-state index contributed by atoms with van der Waals surface area (Å²) in [6.45, 7) is 0. The second-order valence-corrected chi connectivity index (χ2v) is 3.79. The molecule has 0 aliphatic heterocycles. The minimum absolute atomic E-state index is 0.268. The number of hydrogen-bond donors (Lipinski definition) is 1. The molecule has 0 aliphatic rings. The summed E-state index contributed by atoms with van der Waals surface area (Å²) < 4.78 is 1.84. The molecule has 0 saturated carbocycles. The first-order valence-corrected chi connectivity index (χ1v) is 5.52. The minimum Gasteiger partial charge on any atom is -0.368 e. The molecular formula is C13H11N5. The molecule has 5 heteroatoms. The summed E-state index contributed by atoms with van der Waals surface area (Å²) >= 11 is 0. The van der Waals surface area contributed by atoms with E-state index in [-0.39, 0.29) is 5.95 Å². The van der Waals surface area contributed by atoms with Gasteiger partial charge in [-0.3, -0.25) is 0 Å². The van der Waals surface area contributed by atoms with Crippen LogP contribution in [0.25, 0.3) is 16.9 Å². The quantitative estimate of drug-likeness (QED) is 0.739. The van der Waals surface area contributed by atoms with Gasteiger partial charge in [0.15, 0.2) is 0 Å². The smallest absolute Gasteiger partial charge is 0.219 e. The second kappa shape index (κ2) is 4.29. The Kier molecular flexibility index (Phi) is 2.49. The number of nitrogens with two attached hydrogens (primary N) is 1. The van der Waals surface area contributed by atoms with Crippen LogP contribution >= 0.6 is 0 Å². The number of hydrogen-bond acceptors (Lipinski definition) is 4. The summed E-state index contributed by atoms with van der Waals surface area (Å²) in [4.78, 5) is 7.99. The van der Waals surface area contributed by atoms with Gasteiger partial charge in [-0.05, 0) is 18.2 Å². The number of rotatable bonds is 2. The summed E-state index contributed by atoms with van der Waals surface area (Å²) in [5.41, 5.74) is 8.29. The van der Waals surface area contributed by atoms with Gasteiger partial charge in [-0.15, -0.1) is 0 Å². The lowest BCUT2D eigenvalue weighted by Gasteiger charge is -2.06. The minimum atomic E-state index is 0.268. The average Bonchev–Trinajstić information content (AvgIpc) is 2.90. The average molecular weight is 237 g/mol. The molecule has 0 amide bonds. The van der Waals surface area contributed by atoms with E-state index in [4.69, 9.17) is 5.73 Å². The van der Waals surface area contributed by atoms with Gasteiger partial charge in [0.25, 0.3) is 0 Å². The zero-order valence-electron chi connectivity index (χ0n) is 9.56. The number of anilines is 1. The van der Waals surface area contributed by atoms with Crippen molar-refractivity contribution in [3.05, 3.63) is 55.0 Å². The van der Waals surface area contributed by atoms with Gasteiger partial charge in [0.05, 0.1) is 17.6 Å². The maximum absolute atomic E-state index is 5.48. The third-order valence-corrected chi connectivity index (χ3v) is 2.61. The summed E-state index contributed by atoms with van der Waals surface area (Å²) in [5, 5.41) is 4.32. The van der Waals surface area contributed by atoms with Gasteiger partial charge < -0.3 is 5.73 Å². The van der Waals surface area contributed by atoms with Crippen molar-refractivity contribution in [3.8, 4) is 16.9 Å². The molecule has 0 unspecified atom stereocenters. The van der Waals surface area contributed by atoms with Crippen LogP contribution in [0.2, 0.25) is 0 Å². The standard InChI is InChI=1S/C13H11N5/c14-13-15-8-10(9-16-13)12-6-7-17-18(12)11-4-2-1-3-5-11/h1-9H,(H2,14,15,16). The highest BCUT2D eigenvalue weighted by Crippen LogP contribution is 2.20.